The zero-order valence-corrected chi connectivity index (χ0v) is 13.3. The molecule has 0 aliphatic carbocycles. The predicted molar refractivity (Wildman–Crippen MR) is 85.5 cm³/mol. The van der Waals surface area contributed by atoms with E-state index in [-0.39, 0.29) is 0 Å². The van der Waals surface area contributed by atoms with Crippen LogP contribution in [0.15, 0.2) is 12.3 Å². The molecule has 0 saturated heterocycles. The van der Waals surface area contributed by atoms with Gasteiger partial charge in [0.15, 0.2) is 0 Å². The van der Waals surface area contributed by atoms with Crippen molar-refractivity contribution in [1.29, 1.82) is 0 Å². The van der Waals surface area contributed by atoms with Crippen molar-refractivity contribution in [2.24, 2.45) is 0 Å². The van der Waals surface area contributed by atoms with E-state index in [0.29, 0.717) is 23.1 Å². The Balaban J connectivity index is 2.44. The normalized spacial score (nSPS) is 11.0. The number of rotatable bonds is 8. The Hall–Kier alpha value is -1.82. The van der Waals surface area contributed by atoms with Gasteiger partial charge < -0.3 is 20.7 Å². The maximum Gasteiger partial charge on any atom is 0.340 e. The van der Waals surface area contributed by atoms with Gasteiger partial charge in [0.2, 0.25) is 0 Å². The SMILES string of the molecule is COC(=O)c1ccnc(NCCCCN(C)C(C)C)c1N. The second-order valence-electron chi connectivity index (χ2n) is 5.32. The van der Waals surface area contributed by atoms with Crippen LogP contribution in [0.4, 0.5) is 11.5 Å². The number of esters is 1. The van der Waals surface area contributed by atoms with Crippen molar-refractivity contribution in [3.63, 3.8) is 0 Å². The third-order valence-corrected chi connectivity index (χ3v) is 3.51. The van der Waals surface area contributed by atoms with Crippen LogP contribution in [0.5, 0.6) is 0 Å². The van der Waals surface area contributed by atoms with Crippen molar-refractivity contribution in [2.45, 2.75) is 32.7 Å². The number of nitrogen functional groups attached to an aromatic ring is 1. The molecule has 118 valence electrons. The zero-order valence-electron chi connectivity index (χ0n) is 13.3. The van der Waals surface area contributed by atoms with Gasteiger partial charge in [0.25, 0.3) is 0 Å². The van der Waals surface area contributed by atoms with E-state index >= 15 is 0 Å². The van der Waals surface area contributed by atoms with Gasteiger partial charge in [-0.1, -0.05) is 0 Å². The van der Waals surface area contributed by atoms with Crippen molar-refractivity contribution in [1.82, 2.24) is 9.88 Å². The Morgan fingerprint density at radius 1 is 1.48 bits per heavy atom. The molecule has 3 N–H and O–H groups in total. The number of pyridine rings is 1. The number of anilines is 2. The number of nitrogens with zero attached hydrogens (tertiary/aromatic N) is 2. The quantitative estimate of drug-likeness (QED) is 0.564. The van der Waals surface area contributed by atoms with E-state index in [9.17, 15) is 4.79 Å². The number of nitrogens with one attached hydrogen (secondary N) is 1. The van der Waals surface area contributed by atoms with Gasteiger partial charge in [-0.2, -0.15) is 0 Å². The monoisotopic (exact) mass is 294 g/mol. The number of methoxy groups -OCH3 is 1. The molecule has 6 nitrogen and oxygen atoms in total. The molecule has 0 saturated carbocycles. The molecule has 0 bridgehead atoms. The summed E-state index contributed by atoms with van der Waals surface area (Å²) in [5, 5.41) is 3.17. The fraction of sp³-hybridized carbons (Fsp3) is 0.600. The molecule has 0 spiro atoms. The van der Waals surface area contributed by atoms with E-state index in [0.717, 1.165) is 25.9 Å². The third-order valence-electron chi connectivity index (χ3n) is 3.51. The molecule has 0 unspecified atom stereocenters. The van der Waals surface area contributed by atoms with Crippen LogP contribution in [0.3, 0.4) is 0 Å². The number of aromatic nitrogens is 1. The molecule has 0 aliphatic heterocycles. The average Bonchev–Trinajstić information content (AvgIpc) is 2.47. The van der Waals surface area contributed by atoms with E-state index in [1.54, 1.807) is 12.3 Å². The van der Waals surface area contributed by atoms with Crippen LogP contribution in [-0.4, -0.2) is 49.1 Å². The molecule has 0 aliphatic rings. The second-order valence-corrected chi connectivity index (χ2v) is 5.32. The fourth-order valence-electron chi connectivity index (χ4n) is 1.85. The number of unbranched alkanes of at least 4 members (excludes halogenated alkanes) is 1. The zero-order chi connectivity index (χ0) is 15.8. The topological polar surface area (TPSA) is 80.5 Å². The third kappa shape index (κ3) is 5.23. The van der Waals surface area contributed by atoms with Crippen molar-refractivity contribution >= 4 is 17.5 Å². The van der Waals surface area contributed by atoms with Crippen LogP contribution >= 0.6 is 0 Å². The number of hydrogen-bond acceptors (Lipinski definition) is 6. The first-order valence-electron chi connectivity index (χ1n) is 7.24. The molecule has 0 amide bonds. The van der Waals surface area contributed by atoms with Gasteiger partial charge in [-0.05, 0) is 46.3 Å². The largest absolute Gasteiger partial charge is 0.465 e. The van der Waals surface area contributed by atoms with Crippen LogP contribution in [-0.2, 0) is 4.74 Å². The number of ether oxygens (including phenoxy) is 1. The smallest absolute Gasteiger partial charge is 0.340 e. The summed E-state index contributed by atoms with van der Waals surface area (Å²) in [6, 6.07) is 2.12. The van der Waals surface area contributed by atoms with Gasteiger partial charge in [-0.3, -0.25) is 0 Å². The Labute approximate surface area is 126 Å². The summed E-state index contributed by atoms with van der Waals surface area (Å²) in [4.78, 5) is 18.0. The molecule has 1 heterocycles. The summed E-state index contributed by atoms with van der Waals surface area (Å²) in [5.74, 6) is 0.0895. The van der Waals surface area contributed by atoms with Crippen molar-refractivity contribution < 1.29 is 9.53 Å². The molecule has 1 rings (SSSR count). The molecular formula is C15H26N4O2. The highest BCUT2D eigenvalue weighted by molar-refractivity contribution is 5.97. The maximum atomic E-state index is 11.5. The fourth-order valence-corrected chi connectivity index (χ4v) is 1.85. The van der Waals surface area contributed by atoms with Crippen molar-refractivity contribution in [3.05, 3.63) is 17.8 Å². The summed E-state index contributed by atoms with van der Waals surface area (Å²) in [6.07, 6.45) is 3.66. The highest BCUT2D eigenvalue weighted by Gasteiger charge is 2.13. The lowest BCUT2D eigenvalue weighted by Gasteiger charge is -2.20. The summed E-state index contributed by atoms with van der Waals surface area (Å²) in [6.45, 7) is 6.20. The van der Waals surface area contributed by atoms with E-state index in [1.165, 1.54) is 7.11 Å². The Morgan fingerprint density at radius 2 is 2.19 bits per heavy atom. The highest BCUT2D eigenvalue weighted by Crippen LogP contribution is 2.20. The number of nitrogens with two attached hydrogens (primary N) is 1. The molecule has 21 heavy (non-hydrogen) atoms. The van der Waals surface area contributed by atoms with E-state index < -0.39 is 5.97 Å². The molecule has 1 aromatic rings. The van der Waals surface area contributed by atoms with Crippen LogP contribution in [0.1, 0.15) is 37.0 Å². The Kier molecular flexibility index (Phi) is 6.94. The molecule has 0 aromatic carbocycles. The van der Waals surface area contributed by atoms with Crippen molar-refractivity contribution in [2.75, 3.05) is 38.3 Å². The molecule has 0 atom stereocenters. The number of carbonyl (C=O) groups is 1. The number of hydrogen-bond donors (Lipinski definition) is 2. The van der Waals surface area contributed by atoms with Gasteiger partial charge >= 0.3 is 5.97 Å². The second kappa shape index (κ2) is 8.46. The van der Waals surface area contributed by atoms with Gasteiger partial charge in [0.1, 0.15) is 5.82 Å². The van der Waals surface area contributed by atoms with E-state index in [2.05, 4.69) is 40.8 Å². The molecule has 6 heteroatoms. The van der Waals surface area contributed by atoms with Crippen LogP contribution < -0.4 is 11.1 Å². The lowest BCUT2D eigenvalue weighted by Crippen LogP contribution is -2.27. The summed E-state index contributed by atoms with van der Waals surface area (Å²) >= 11 is 0. The first kappa shape index (κ1) is 17.2. The minimum absolute atomic E-state index is 0.337. The summed E-state index contributed by atoms with van der Waals surface area (Å²) < 4.78 is 4.68. The van der Waals surface area contributed by atoms with Crippen LogP contribution in [0.25, 0.3) is 0 Å². The van der Waals surface area contributed by atoms with Gasteiger partial charge in [0.05, 0.1) is 18.4 Å². The highest BCUT2D eigenvalue weighted by atomic mass is 16.5. The molecular weight excluding hydrogens is 268 g/mol. The average molecular weight is 294 g/mol. The van der Waals surface area contributed by atoms with E-state index in [1.807, 2.05) is 0 Å². The molecule has 1 aromatic heterocycles. The molecule has 0 radical (unpaired) electrons. The standard InChI is InChI=1S/C15H26N4O2/c1-11(2)19(3)10-6-5-8-17-14-13(16)12(7-9-18-14)15(20)21-4/h7,9,11H,5-6,8,10,16H2,1-4H3,(H,17,18). The minimum atomic E-state index is -0.448. The molecule has 0 fully saturated rings. The first-order chi connectivity index (χ1) is 9.97. The number of carbonyl (C=O) groups excluding carboxylic acids is 1. The van der Waals surface area contributed by atoms with Crippen molar-refractivity contribution in [3.8, 4) is 0 Å². The van der Waals surface area contributed by atoms with E-state index in [4.69, 9.17) is 5.73 Å². The van der Waals surface area contributed by atoms with Gasteiger partial charge in [0, 0.05) is 18.8 Å². The summed E-state index contributed by atoms with van der Waals surface area (Å²) in [7, 11) is 3.46. The Morgan fingerprint density at radius 3 is 2.81 bits per heavy atom. The lowest BCUT2D eigenvalue weighted by atomic mass is 10.2. The minimum Gasteiger partial charge on any atom is -0.465 e. The van der Waals surface area contributed by atoms with Gasteiger partial charge in [-0.15, -0.1) is 0 Å². The first-order valence-corrected chi connectivity index (χ1v) is 7.24. The maximum absolute atomic E-state index is 11.5. The predicted octanol–water partition coefficient (Wildman–Crippen LogP) is 1.98. The van der Waals surface area contributed by atoms with Crippen LogP contribution in [0.2, 0.25) is 0 Å². The Bertz CT molecular complexity index is 463. The lowest BCUT2D eigenvalue weighted by molar-refractivity contribution is 0.0602. The van der Waals surface area contributed by atoms with Crippen LogP contribution in [0, 0.1) is 0 Å². The summed E-state index contributed by atoms with van der Waals surface area (Å²) in [5.41, 5.74) is 6.61. The van der Waals surface area contributed by atoms with Gasteiger partial charge in [-0.25, -0.2) is 9.78 Å².